The zero-order valence-electron chi connectivity index (χ0n) is 14.9. The van der Waals surface area contributed by atoms with E-state index >= 15 is 0 Å². The van der Waals surface area contributed by atoms with Crippen LogP contribution in [0.15, 0.2) is 66.9 Å². The van der Waals surface area contributed by atoms with E-state index in [1.165, 1.54) is 5.56 Å². The van der Waals surface area contributed by atoms with E-state index in [1.807, 2.05) is 36.4 Å². The van der Waals surface area contributed by atoms with Gasteiger partial charge in [-0.1, -0.05) is 36.4 Å². The number of anilines is 3. The summed E-state index contributed by atoms with van der Waals surface area (Å²) in [5.74, 6) is 1.37. The number of hydrogen-bond donors (Lipinski definition) is 1. The fourth-order valence-electron chi connectivity index (χ4n) is 2.67. The molecule has 1 aromatic heterocycles. The largest absolute Gasteiger partial charge is 0.350 e. The Bertz CT molecular complexity index is 900. The third-order valence-corrected chi connectivity index (χ3v) is 4.00. The molecule has 1 N–H and O–H groups in total. The number of nitrogens with one attached hydrogen (secondary N) is 1. The molecule has 26 heavy (non-hydrogen) atoms. The zero-order valence-corrected chi connectivity index (χ0v) is 14.9. The fourth-order valence-corrected chi connectivity index (χ4v) is 2.67. The van der Waals surface area contributed by atoms with Gasteiger partial charge in [-0.25, -0.2) is 4.98 Å². The van der Waals surface area contributed by atoms with Gasteiger partial charge in [0, 0.05) is 24.5 Å². The van der Waals surface area contributed by atoms with Gasteiger partial charge in [-0.15, -0.1) is 0 Å². The molecule has 3 aromatic rings. The lowest BCUT2D eigenvalue weighted by molar-refractivity contribution is 0.672. The van der Waals surface area contributed by atoms with Crippen LogP contribution in [0, 0.1) is 11.3 Å². The average Bonchev–Trinajstić information content (AvgIpc) is 2.67. The molecule has 3 rings (SSSR count). The van der Waals surface area contributed by atoms with Gasteiger partial charge in [0.2, 0.25) is 5.95 Å². The van der Waals surface area contributed by atoms with Crippen LogP contribution in [0.2, 0.25) is 0 Å². The number of aromatic nitrogens is 2. The average molecular weight is 343 g/mol. The maximum absolute atomic E-state index is 9.03. The van der Waals surface area contributed by atoms with Crippen LogP contribution in [0.25, 0.3) is 0 Å². The first kappa shape index (κ1) is 17.4. The SMILES string of the molecule is CC(C)N(Cc1ccccc1)c1ccnc(Nc2cccc(C#N)c2)n1. The van der Waals surface area contributed by atoms with E-state index < -0.39 is 0 Å². The molecular formula is C21H21N5. The highest BCUT2D eigenvalue weighted by atomic mass is 15.2. The first-order chi connectivity index (χ1) is 12.7. The minimum atomic E-state index is 0.292. The first-order valence-electron chi connectivity index (χ1n) is 8.56. The summed E-state index contributed by atoms with van der Waals surface area (Å²) in [6.07, 6.45) is 1.75. The van der Waals surface area contributed by atoms with Crippen LogP contribution in [0.5, 0.6) is 0 Å². The summed E-state index contributed by atoms with van der Waals surface area (Å²) in [6, 6.07) is 21.9. The molecule has 0 atom stereocenters. The van der Waals surface area contributed by atoms with Crippen LogP contribution < -0.4 is 10.2 Å². The smallest absolute Gasteiger partial charge is 0.229 e. The molecule has 0 aliphatic rings. The highest BCUT2D eigenvalue weighted by Gasteiger charge is 2.13. The minimum Gasteiger partial charge on any atom is -0.350 e. The summed E-state index contributed by atoms with van der Waals surface area (Å²) in [5, 5.41) is 12.2. The van der Waals surface area contributed by atoms with Gasteiger partial charge in [-0.05, 0) is 43.7 Å². The third kappa shape index (κ3) is 4.37. The number of rotatable bonds is 6. The molecule has 0 aliphatic carbocycles. The molecule has 0 bridgehead atoms. The monoisotopic (exact) mass is 343 g/mol. The Balaban J connectivity index is 1.83. The second-order valence-electron chi connectivity index (χ2n) is 6.26. The van der Waals surface area contributed by atoms with Crippen molar-refractivity contribution in [2.24, 2.45) is 0 Å². The number of nitrogens with zero attached hydrogens (tertiary/aromatic N) is 4. The van der Waals surface area contributed by atoms with E-state index in [1.54, 1.807) is 18.3 Å². The topological polar surface area (TPSA) is 64.8 Å². The molecule has 0 spiro atoms. The minimum absolute atomic E-state index is 0.292. The lowest BCUT2D eigenvalue weighted by atomic mass is 10.2. The molecule has 5 heteroatoms. The molecule has 5 nitrogen and oxygen atoms in total. The second-order valence-corrected chi connectivity index (χ2v) is 6.26. The maximum Gasteiger partial charge on any atom is 0.229 e. The lowest BCUT2D eigenvalue weighted by Gasteiger charge is -2.28. The van der Waals surface area contributed by atoms with Gasteiger partial charge in [0.05, 0.1) is 11.6 Å². The third-order valence-electron chi connectivity index (χ3n) is 4.00. The van der Waals surface area contributed by atoms with Gasteiger partial charge in [0.1, 0.15) is 5.82 Å². The molecule has 1 heterocycles. The summed E-state index contributed by atoms with van der Waals surface area (Å²) in [4.78, 5) is 11.2. The summed E-state index contributed by atoms with van der Waals surface area (Å²) in [5.41, 5.74) is 2.62. The summed E-state index contributed by atoms with van der Waals surface area (Å²) in [6.45, 7) is 5.07. The predicted molar refractivity (Wildman–Crippen MR) is 104 cm³/mol. The van der Waals surface area contributed by atoms with Crippen LogP contribution in [0.1, 0.15) is 25.0 Å². The normalized spacial score (nSPS) is 10.4. The van der Waals surface area contributed by atoms with E-state index in [4.69, 9.17) is 5.26 Å². The van der Waals surface area contributed by atoms with Crippen LogP contribution >= 0.6 is 0 Å². The molecule has 0 aliphatic heterocycles. The van der Waals surface area contributed by atoms with Gasteiger partial charge >= 0.3 is 0 Å². The van der Waals surface area contributed by atoms with Crippen LogP contribution in [0.4, 0.5) is 17.5 Å². The van der Waals surface area contributed by atoms with E-state index in [9.17, 15) is 0 Å². The molecule has 0 saturated heterocycles. The summed E-state index contributed by atoms with van der Waals surface area (Å²) < 4.78 is 0. The van der Waals surface area contributed by atoms with Crippen molar-refractivity contribution in [1.29, 1.82) is 5.26 Å². The molecule has 130 valence electrons. The standard InChI is InChI=1S/C21H21N5/c1-16(2)26(15-17-7-4-3-5-8-17)20-11-12-23-21(25-20)24-19-10-6-9-18(13-19)14-22/h3-13,16H,15H2,1-2H3,(H,23,24,25). The van der Waals surface area contributed by atoms with Crippen molar-refractivity contribution in [3.8, 4) is 6.07 Å². The highest BCUT2D eigenvalue weighted by molar-refractivity contribution is 5.57. The zero-order chi connectivity index (χ0) is 18.4. The Morgan fingerprint density at radius 3 is 2.62 bits per heavy atom. The van der Waals surface area contributed by atoms with Crippen LogP contribution in [-0.4, -0.2) is 16.0 Å². The van der Waals surface area contributed by atoms with Crippen LogP contribution in [-0.2, 0) is 6.54 Å². The quantitative estimate of drug-likeness (QED) is 0.713. The Morgan fingerprint density at radius 2 is 1.88 bits per heavy atom. The maximum atomic E-state index is 9.03. The molecule has 0 radical (unpaired) electrons. The van der Waals surface area contributed by atoms with Crippen molar-refractivity contribution in [2.75, 3.05) is 10.2 Å². The van der Waals surface area contributed by atoms with Crippen molar-refractivity contribution in [1.82, 2.24) is 9.97 Å². The number of hydrogen-bond acceptors (Lipinski definition) is 5. The van der Waals surface area contributed by atoms with Crippen molar-refractivity contribution in [2.45, 2.75) is 26.4 Å². The Hall–Kier alpha value is -3.39. The molecular weight excluding hydrogens is 322 g/mol. The van der Waals surface area contributed by atoms with E-state index in [0.717, 1.165) is 18.1 Å². The van der Waals surface area contributed by atoms with E-state index in [-0.39, 0.29) is 0 Å². The number of nitriles is 1. The van der Waals surface area contributed by atoms with Crippen molar-refractivity contribution in [3.63, 3.8) is 0 Å². The van der Waals surface area contributed by atoms with Crippen molar-refractivity contribution in [3.05, 3.63) is 78.0 Å². The van der Waals surface area contributed by atoms with Crippen LogP contribution in [0.3, 0.4) is 0 Å². The molecule has 0 fully saturated rings. The van der Waals surface area contributed by atoms with Crippen molar-refractivity contribution >= 4 is 17.5 Å². The van der Waals surface area contributed by atoms with Crippen molar-refractivity contribution < 1.29 is 0 Å². The molecule has 0 saturated carbocycles. The Labute approximate surface area is 154 Å². The lowest BCUT2D eigenvalue weighted by Crippen LogP contribution is -2.31. The highest BCUT2D eigenvalue weighted by Crippen LogP contribution is 2.21. The summed E-state index contributed by atoms with van der Waals surface area (Å²) in [7, 11) is 0. The van der Waals surface area contributed by atoms with Gasteiger partial charge in [-0.2, -0.15) is 10.2 Å². The second kappa shape index (κ2) is 8.13. The van der Waals surface area contributed by atoms with Gasteiger partial charge in [0.25, 0.3) is 0 Å². The van der Waals surface area contributed by atoms with E-state index in [0.29, 0.717) is 17.6 Å². The van der Waals surface area contributed by atoms with Gasteiger partial charge < -0.3 is 10.2 Å². The molecule has 0 amide bonds. The number of benzene rings is 2. The fraction of sp³-hybridized carbons (Fsp3) is 0.190. The van der Waals surface area contributed by atoms with Gasteiger partial charge in [-0.3, -0.25) is 0 Å². The summed E-state index contributed by atoms with van der Waals surface area (Å²) >= 11 is 0. The van der Waals surface area contributed by atoms with Gasteiger partial charge in [0.15, 0.2) is 0 Å². The first-order valence-corrected chi connectivity index (χ1v) is 8.56. The molecule has 2 aromatic carbocycles. The molecule has 0 unspecified atom stereocenters. The predicted octanol–water partition coefficient (Wildman–Crippen LogP) is 4.51. The Kier molecular flexibility index (Phi) is 5.45. The van der Waals surface area contributed by atoms with E-state index in [2.05, 4.69) is 52.2 Å². The Morgan fingerprint density at radius 1 is 1.08 bits per heavy atom.